The Kier molecular flexibility index (Phi) is 10.9. The highest BCUT2D eigenvalue weighted by molar-refractivity contribution is 7.99. The minimum absolute atomic E-state index is 0.0810. The van der Waals surface area contributed by atoms with Crippen molar-refractivity contribution in [2.24, 2.45) is 0 Å². The van der Waals surface area contributed by atoms with E-state index < -0.39 is 36.5 Å². The lowest BCUT2D eigenvalue weighted by molar-refractivity contribution is -0.292. The number of carbonyl (C=O) groups excluding carboxylic acids is 3. The first kappa shape index (κ1) is 29.5. The van der Waals surface area contributed by atoms with Gasteiger partial charge in [0.05, 0.1) is 11.1 Å². The van der Waals surface area contributed by atoms with Crippen molar-refractivity contribution in [1.82, 2.24) is 0 Å². The summed E-state index contributed by atoms with van der Waals surface area (Å²) in [5.74, 6) is -0.261. The zero-order valence-corrected chi connectivity index (χ0v) is 23.5. The Hall–Kier alpha value is -3.46. The molecule has 0 N–H and O–H groups in total. The first-order chi connectivity index (χ1) is 19.5. The number of Topliss-reactive ketones (excluding diaryl/α,β-unsaturated/α-hetero) is 1. The van der Waals surface area contributed by atoms with Gasteiger partial charge < -0.3 is 18.9 Å². The molecule has 1 unspecified atom stereocenters. The lowest BCUT2D eigenvalue weighted by atomic mass is 9.98. The highest BCUT2D eigenvalue weighted by Crippen LogP contribution is 2.38. The lowest BCUT2D eigenvalue weighted by Gasteiger charge is -2.43. The number of esters is 2. The lowest BCUT2D eigenvalue weighted by Crippen LogP contribution is -2.55. The van der Waals surface area contributed by atoms with Crippen LogP contribution in [0.1, 0.15) is 59.3 Å². The Balaban J connectivity index is 1.68. The van der Waals surface area contributed by atoms with Crippen molar-refractivity contribution >= 4 is 29.5 Å². The molecule has 5 atom stereocenters. The van der Waals surface area contributed by atoms with E-state index in [-0.39, 0.29) is 24.1 Å². The number of hydrogen-bond acceptors (Lipinski definition) is 8. The molecule has 0 saturated carbocycles. The second-order valence-corrected chi connectivity index (χ2v) is 10.8. The van der Waals surface area contributed by atoms with Crippen LogP contribution in [0, 0.1) is 0 Å². The molecule has 1 heterocycles. The van der Waals surface area contributed by atoms with E-state index in [9.17, 15) is 14.4 Å². The molecule has 3 aromatic carbocycles. The van der Waals surface area contributed by atoms with Crippen molar-refractivity contribution in [3.63, 3.8) is 0 Å². The second kappa shape index (κ2) is 14.8. The SMILES string of the molecule is CCSC(CC(=O)CC)[C@H]1O[C@H](c2ccccc2)O[C@H](COC(=O)c2ccccc2)[C@H]1OC(=O)c1ccccc1. The zero-order valence-electron chi connectivity index (χ0n) is 22.6. The van der Waals surface area contributed by atoms with Gasteiger partial charge in [-0.25, -0.2) is 9.59 Å². The van der Waals surface area contributed by atoms with Gasteiger partial charge in [0.25, 0.3) is 0 Å². The average molecular weight is 563 g/mol. The normalized spacial score (nSPS) is 21.2. The number of hydrogen-bond donors (Lipinski definition) is 0. The van der Waals surface area contributed by atoms with Crippen molar-refractivity contribution in [1.29, 1.82) is 0 Å². The number of carbonyl (C=O) groups is 3. The number of ketones is 1. The highest BCUT2D eigenvalue weighted by Gasteiger charge is 2.47. The van der Waals surface area contributed by atoms with Gasteiger partial charge in [0.2, 0.25) is 0 Å². The fraction of sp³-hybridized carbons (Fsp3) is 0.344. The summed E-state index contributed by atoms with van der Waals surface area (Å²) in [6.45, 7) is 3.66. The summed E-state index contributed by atoms with van der Waals surface area (Å²) in [5, 5.41) is -0.312. The maximum absolute atomic E-state index is 13.3. The Bertz CT molecular complexity index is 1240. The summed E-state index contributed by atoms with van der Waals surface area (Å²) < 4.78 is 24.6. The molecule has 1 aliphatic rings. The molecule has 1 saturated heterocycles. The molecule has 7 nitrogen and oxygen atoms in total. The Morgan fingerprint density at radius 1 is 0.800 bits per heavy atom. The topological polar surface area (TPSA) is 88.1 Å². The molecule has 0 bridgehead atoms. The smallest absolute Gasteiger partial charge is 0.338 e. The highest BCUT2D eigenvalue weighted by atomic mass is 32.2. The van der Waals surface area contributed by atoms with Gasteiger partial charge in [-0.2, -0.15) is 11.8 Å². The van der Waals surface area contributed by atoms with Gasteiger partial charge in [0.1, 0.15) is 24.6 Å². The number of rotatable bonds is 12. The molecule has 0 aromatic heterocycles. The molecule has 1 fully saturated rings. The van der Waals surface area contributed by atoms with Crippen molar-refractivity contribution in [3.05, 3.63) is 108 Å². The average Bonchev–Trinajstić information content (AvgIpc) is 3.01. The summed E-state index contributed by atoms with van der Waals surface area (Å²) in [6, 6.07) is 26.7. The van der Waals surface area contributed by atoms with E-state index in [1.54, 1.807) is 60.3 Å². The molecule has 0 amide bonds. The fourth-order valence-electron chi connectivity index (χ4n) is 4.48. The summed E-state index contributed by atoms with van der Waals surface area (Å²) in [5.41, 5.74) is 1.54. The van der Waals surface area contributed by atoms with Crippen LogP contribution in [0.5, 0.6) is 0 Å². The van der Waals surface area contributed by atoms with Crippen molar-refractivity contribution < 1.29 is 33.3 Å². The Morgan fingerprint density at radius 2 is 1.38 bits per heavy atom. The van der Waals surface area contributed by atoms with E-state index in [2.05, 4.69) is 0 Å². The predicted octanol–water partition coefficient (Wildman–Crippen LogP) is 6.04. The third kappa shape index (κ3) is 7.81. The van der Waals surface area contributed by atoms with Gasteiger partial charge in [0.15, 0.2) is 12.4 Å². The quantitative estimate of drug-likeness (QED) is 0.247. The van der Waals surface area contributed by atoms with Gasteiger partial charge in [0, 0.05) is 23.7 Å². The van der Waals surface area contributed by atoms with E-state index >= 15 is 0 Å². The van der Waals surface area contributed by atoms with Crippen LogP contribution < -0.4 is 0 Å². The minimum atomic E-state index is -0.940. The largest absolute Gasteiger partial charge is 0.459 e. The fourth-order valence-corrected chi connectivity index (χ4v) is 5.62. The molecule has 1 aliphatic heterocycles. The molecule has 0 aliphatic carbocycles. The van der Waals surface area contributed by atoms with Gasteiger partial charge in [-0.1, -0.05) is 80.6 Å². The van der Waals surface area contributed by atoms with Crippen LogP contribution in [-0.2, 0) is 23.7 Å². The van der Waals surface area contributed by atoms with E-state index in [0.717, 1.165) is 11.3 Å². The van der Waals surface area contributed by atoms with Gasteiger partial charge in [-0.05, 0) is 30.0 Å². The second-order valence-electron chi connectivity index (χ2n) is 9.31. The summed E-state index contributed by atoms with van der Waals surface area (Å²) in [6.07, 6.45) is -2.66. The predicted molar refractivity (Wildman–Crippen MR) is 153 cm³/mol. The molecular formula is C32H34O7S. The molecule has 0 radical (unpaired) electrons. The first-order valence-electron chi connectivity index (χ1n) is 13.5. The van der Waals surface area contributed by atoms with Crippen molar-refractivity contribution in [2.45, 2.75) is 56.5 Å². The summed E-state index contributed by atoms with van der Waals surface area (Å²) in [7, 11) is 0. The van der Waals surface area contributed by atoms with E-state index in [0.29, 0.717) is 17.5 Å². The van der Waals surface area contributed by atoms with E-state index in [1.807, 2.05) is 56.3 Å². The standard InChI is InChI=1S/C32H34O7S/c1-3-25(33)20-27(40-4-2)29-28(38-31(35)23-16-10-6-11-17-23)26(21-36-30(34)22-14-8-5-9-15-22)37-32(39-29)24-18-12-7-13-19-24/h5-19,26-29,32H,3-4,20-21H2,1-2H3/t26-,27?,28-,29-,32-/m1/s1. The third-order valence-corrected chi connectivity index (χ3v) is 7.75. The minimum Gasteiger partial charge on any atom is -0.459 e. The molecule has 4 rings (SSSR count). The summed E-state index contributed by atoms with van der Waals surface area (Å²) >= 11 is 1.57. The number of benzene rings is 3. The van der Waals surface area contributed by atoms with Gasteiger partial charge in [-0.3, -0.25) is 4.79 Å². The van der Waals surface area contributed by atoms with E-state index in [4.69, 9.17) is 18.9 Å². The molecular weight excluding hydrogens is 528 g/mol. The maximum atomic E-state index is 13.3. The van der Waals surface area contributed by atoms with Crippen LogP contribution in [0.25, 0.3) is 0 Å². The van der Waals surface area contributed by atoms with Crippen LogP contribution in [0.4, 0.5) is 0 Å². The van der Waals surface area contributed by atoms with Crippen molar-refractivity contribution in [2.75, 3.05) is 12.4 Å². The third-order valence-electron chi connectivity index (χ3n) is 6.55. The maximum Gasteiger partial charge on any atom is 0.338 e. The van der Waals surface area contributed by atoms with Crippen LogP contribution in [0.15, 0.2) is 91.0 Å². The molecule has 0 spiro atoms. The summed E-state index contributed by atoms with van der Waals surface area (Å²) in [4.78, 5) is 38.7. The molecule has 8 heteroatoms. The van der Waals surface area contributed by atoms with E-state index in [1.165, 1.54) is 0 Å². The molecule has 40 heavy (non-hydrogen) atoms. The van der Waals surface area contributed by atoms with Gasteiger partial charge >= 0.3 is 11.9 Å². The first-order valence-corrected chi connectivity index (χ1v) is 14.5. The Labute approximate surface area is 239 Å². The zero-order chi connectivity index (χ0) is 28.3. The van der Waals surface area contributed by atoms with Crippen LogP contribution >= 0.6 is 11.8 Å². The van der Waals surface area contributed by atoms with Crippen LogP contribution in [-0.4, -0.2) is 53.6 Å². The van der Waals surface area contributed by atoms with Crippen LogP contribution in [0.3, 0.4) is 0 Å². The molecule has 3 aromatic rings. The number of ether oxygens (including phenoxy) is 4. The van der Waals surface area contributed by atoms with Gasteiger partial charge in [-0.15, -0.1) is 0 Å². The van der Waals surface area contributed by atoms with Crippen LogP contribution in [0.2, 0.25) is 0 Å². The Morgan fingerprint density at radius 3 is 1.95 bits per heavy atom. The monoisotopic (exact) mass is 562 g/mol. The molecule has 210 valence electrons. The number of thioether (sulfide) groups is 1. The van der Waals surface area contributed by atoms with Crippen molar-refractivity contribution in [3.8, 4) is 0 Å².